The summed E-state index contributed by atoms with van der Waals surface area (Å²) in [5, 5.41) is 4.47. The van der Waals surface area contributed by atoms with Crippen LogP contribution in [-0.4, -0.2) is 44.5 Å². The molecule has 8 nitrogen and oxygen atoms in total. The smallest absolute Gasteiger partial charge is 0.378 e. The summed E-state index contributed by atoms with van der Waals surface area (Å²) in [4.78, 5) is 21.9. The fraction of sp³-hybridized carbons (Fsp3) is 0.111. The molecule has 0 radical (unpaired) electrons. The van der Waals surface area contributed by atoms with E-state index in [0.717, 1.165) is 28.1 Å². The predicted molar refractivity (Wildman–Crippen MR) is 132 cm³/mol. The van der Waals surface area contributed by atoms with Crippen LogP contribution in [0.25, 0.3) is 34.3 Å². The largest absolute Gasteiger partial charge is 0.496 e. The summed E-state index contributed by atoms with van der Waals surface area (Å²) in [6.45, 7) is 2.01. The van der Waals surface area contributed by atoms with Crippen molar-refractivity contribution in [2.24, 2.45) is 0 Å². The lowest BCUT2D eigenvalue weighted by Crippen LogP contribution is -2.08. The van der Waals surface area contributed by atoms with Gasteiger partial charge in [0.25, 0.3) is 5.82 Å². The van der Waals surface area contributed by atoms with Crippen molar-refractivity contribution in [2.45, 2.75) is 6.92 Å². The molecule has 0 aliphatic carbocycles. The third-order valence-electron chi connectivity index (χ3n) is 5.58. The van der Waals surface area contributed by atoms with Gasteiger partial charge in [-0.1, -0.05) is 60.2 Å². The Labute approximate surface area is 202 Å². The molecule has 0 N–H and O–H groups in total. The SMILES string of the molecule is COC(=O)c1nc(-n2cc(-c3ccccc3)nc2-c2ccccc2OC)n(-c2ccc(C)cc2)n1. The van der Waals surface area contributed by atoms with E-state index < -0.39 is 5.97 Å². The van der Waals surface area contributed by atoms with Gasteiger partial charge in [-0.3, -0.25) is 4.57 Å². The highest BCUT2D eigenvalue weighted by molar-refractivity contribution is 5.85. The number of ether oxygens (including phenoxy) is 2. The molecule has 0 bridgehead atoms. The first-order chi connectivity index (χ1) is 17.1. The monoisotopic (exact) mass is 465 g/mol. The van der Waals surface area contributed by atoms with Crippen LogP contribution in [0.1, 0.15) is 16.2 Å². The third kappa shape index (κ3) is 4.17. The Kier molecular flexibility index (Phi) is 5.85. The number of para-hydroxylation sites is 1. The van der Waals surface area contributed by atoms with Crippen LogP contribution >= 0.6 is 0 Å². The van der Waals surface area contributed by atoms with E-state index in [1.807, 2.05) is 96.6 Å². The third-order valence-corrected chi connectivity index (χ3v) is 5.58. The molecule has 0 amide bonds. The molecule has 174 valence electrons. The van der Waals surface area contributed by atoms with E-state index in [1.54, 1.807) is 11.8 Å². The molecule has 0 atom stereocenters. The first kappa shape index (κ1) is 22.1. The van der Waals surface area contributed by atoms with Gasteiger partial charge in [-0.25, -0.2) is 9.78 Å². The molecule has 0 spiro atoms. The van der Waals surface area contributed by atoms with Crippen molar-refractivity contribution in [1.82, 2.24) is 24.3 Å². The van der Waals surface area contributed by atoms with Gasteiger partial charge >= 0.3 is 5.97 Å². The number of nitrogens with zero attached hydrogens (tertiary/aromatic N) is 5. The van der Waals surface area contributed by atoms with E-state index in [1.165, 1.54) is 7.11 Å². The number of esters is 1. The van der Waals surface area contributed by atoms with Gasteiger partial charge in [0.1, 0.15) is 5.75 Å². The fourth-order valence-corrected chi connectivity index (χ4v) is 3.80. The molecule has 0 unspecified atom stereocenters. The van der Waals surface area contributed by atoms with Crippen molar-refractivity contribution in [3.8, 4) is 40.0 Å². The summed E-state index contributed by atoms with van der Waals surface area (Å²) in [5.41, 5.74) is 4.30. The van der Waals surface area contributed by atoms with Crippen molar-refractivity contribution in [3.05, 3.63) is 96.4 Å². The summed E-state index contributed by atoms with van der Waals surface area (Å²) >= 11 is 0. The van der Waals surface area contributed by atoms with E-state index in [9.17, 15) is 4.79 Å². The molecular formula is C27H23N5O3. The van der Waals surface area contributed by atoms with E-state index in [0.29, 0.717) is 17.5 Å². The van der Waals surface area contributed by atoms with Crippen molar-refractivity contribution >= 4 is 5.97 Å². The molecular weight excluding hydrogens is 442 g/mol. The zero-order chi connectivity index (χ0) is 24.4. The van der Waals surface area contributed by atoms with Gasteiger partial charge in [-0.15, -0.1) is 5.10 Å². The number of benzene rings is 3. The molecule has 0 saturated carbocycles. The van der Waals surface area contributed by atoms with Crippen LogP contribution in [0.2, 0.25) is 0 Å². The Morgan fingerprint density at radius 3 is 2.29 bits per heavy atom. The van der Waals surface area contributed by atoms with Gasteiger partial charge in [-0.2, -0.15) is 9.67 Å². The first-order valence-electron chi connectivity index (χ1n) is 11.0. The van der Waals surface area contributed by atoms with Crippen LogP contribution in [0.15, 0.2) is 85.1 Å². The number of aromatic nitrogens is 5. The second-order valence-corrected chi connectivity index (χ2v) is 7.86. The molecule has 8 heteroatoms. The van der Waals surface area contributed by atoms with Gasteiger partial charge in [0, 0.05) is 11.8 Å². The molecule has 0 fully saturated rings. The molecule has 0 aliphatic rings. The molecule has 0 saturated heterocycles. The average Bonchev–Trinajstić information content (AvgIpc) is 3.54. The van der Waals surface area contributed by atoms with Crippen LogP contribution in [0.3, 0.4) is 0 Å². The van der Waals surface area contributed by atoms with Crippen molar-refractivity contribution < 1.29 is 14.3 Å². The Hall–Kier alpha value is -4.72. The molecule has 5 aromatic rings. The number of hydrogen-bond donors (Lipinski definition) is 0. The highest BCUT2D eigenvalue weighted by Gasteiger charge is 2.24. The second-order valence-electron chi connectivity index (χ2n) is 7.86. The van der Waals surface area contributed by atoms with Gasteiger partial charge in [0.05, 0.1) is 31.2 Å². The lowest BCUT2D eigenvalue weighted by molar-refractivity contribution is 0.0587. The maximum atomic E-state index is 12.4. The Bertz CT molecular complexity index is 1490. The lowest BCUT2D eigenvalue weighted by atomic mass is 10.2. The maximum Gasteiger partial charge on any atom is 0.378 e. The minimum atomic E-state index is -0.626. The number of methoxy groups -OCH3 is 2. The summed E-state index contributed by atoms with van der Waals surface area (Å²) in [5.74, 6) is 0.972. The quantitative estimate of drug-likeness (QED) is 0.332. The number of rotatable bonds is 6. The van der Waals surface area contributed by atoms with E-state index in [-0.39, 0.29) is 5.82 Å². The molecule has 35 heavy (non-hydrogen) atoms. The van der Waals surface area contributed by atoms with Gasteiger partial charge in [0.15, 0.2) is 5.82 Å². The topological polar surface area (TPSA) is 84.1 Å². The lowest BCUT2D eigenvalue weighted by Gasteiger charge is -2.11. The number of carbonyl (C=O) groups excluding carboxylic acids is 1. The van der Waals surface area contributed by atoms with Gasteiger partial charge in [0.2, 0.25) is 5.95 Å². The van der Waals surface area contributed by atoms with Crippen LogP contribution < -0.4 is 4.74 Å². The first-order valence-corrected chi connectivity index (χ1v) is 11.0. The Morgan fingerprint density at radius 1 is 0.857 bits per heavy atom. The molecule has 5 rings (SSSR count). The Balaban J connectivity index is 1.79. The van der Waals surface area contributed by atoms with Crippen LogP contribution in [-0.2, 0) is 4.74 Å². The standard InChI is InChI=1S/C27H23N5O3/c1-18-13-15-20(16-14-18)32-27(29-24(30-32)26(33)35-3)31-17-22(19-9-5-4-6-10-19)28-25(31)21-11-7-8-12-23(21)34-2/h4-17H,1-3H3. The number of carbonyl (C=O) groups is 1. The van der Waals surface area contributed by atoms with Gasteiger partial charge < -0.3 is 9.47 Å². The van der Waals surface area contributed by atoms with E-state index in [2.05, 4.69) is 10.1 Å². The maximum absolute atomic E-state index is 12.4. The summed E-state index contributed by atoms with van der Waals surface area (Å²) in [7, 11) is 2.92. The van der Waals surface area contributed by atoms with E-state index in [4.69, 9.17) is 14.5 Å². The summed E-state index contributed by atoms with van der Waals surface area (Å²) < 4.78 is 14.0. The normalized spacial score (nSPS) is 10.8. The number of imidazole rings is 1. The zero-order valence-electron chi connectivity index (χ0n) is 19.5. The minimum Gasteiger partial charge on any atom is -0.496 e. The predicted octanol–water partition coefficient (Wildman–Crippen LogP) is 4.89. The van der Waals surface area contributed by atoms with Crippen LogP contribution in [0.4, 0.5) is 0 Å². The summed E-state index contributed by atoms with van der Waals surface area (Å²) in [6, 6.07) is 25.3. The fourth-order valence-electron chi connectivity index (χ4n) is 3.80. The highest BCUT2D eigenvalue weighted by Crippen LogP contribution is 2.33. The second kappa shape index (κ2) is 9.26. The molecule has 2 aromatic heterocycles. The van der Waals surface area contributed by atoms with Crippen molar-refractivity contribution in [3.63, 3.8) is 0 Å². The van der Waals surface area contributed by atoms with Gasteiger partial charge in [-0.05, 0) is 31.2 Å². The zero-order valence-corrected chi connectivity index (χ0v) is 19.5. The highest BCUT2D eigenvalue weighted by atomic mass is 16.5. The van der Waals surface area contributed by atoms with Crippen molar-refractivity contribution in [1.29, 1.82) is 0 Å². The number of hydrogen-bond acceptors (Lipinski definition) is 6. The molecule has 3 aromatic carbocycles. The summed E-state index contributed by atoms with van der Waals surface area (Å²) in [6.07, 6.45) is 1.88. The number of aryl methyl sites for hydroxylation is 1. The minimum absolute atomic E-state index is 0.0518. The average molecular weight is 466 g/mol. The van der Waals surface area contributed by atoms with E-state index >= 15 is 0 Å². The van der Waals surface area contributed by atoms with Crippen LogP contribution in [0.5, 0.6) is 5.75 Å². The molecule has 2 heterocycles. The van der Waals surface area contributed by atoms with Crippen molar-refractivity contribution in [2.75, 3.05) is 14.2 Å². The molecule has 0 aliphatic heterocycles. The van der Waals surface area contributed by atoms with Crippen LogP contribution in [0, 0.1) is 6.92 Å². The Morgan fingerprint density at radius 2 is 1.57 bits per heavy atom.